The van der Waals surface area contributed by atoms with Crippen LogP contribution in [0.2, 0.25) is 0 Å². The van der Waals surface area contributed by atoms with Crippen molar-refractivity contribution in [2.75, 3.05) is 6.61 Å². The SMILES string of the molecule is CCOC(C)=O.O.O.O.O.O.O.O.O.O.O. The molecular formula is C4H28O12. The van der Waals surface area contributed by atoms with E-state index in [0.29, 0.717) is 6.61 Å². The summed E-state index contributed by atoms with van der Waals surface area (Å²) in [6, 6.07) is 0. The minimum Gasteiger partial charge on any atom is -0.466 e. The van der Waals surface area contributed by atoms with Crippen LogP contribution in [-0.2, 0) is 9.53 Å². The zero-order valence-corrected chi connectivity index (χ0v) is 9.02. The number of ether oxygens (including phenoxy) is 1. The summed E-state index contributed by atoms with van der Waals surface area (Å²) in [5.41, 5.74) is 0. The van der Waals surface area contributed by atoms with Crippen molar-refractivity contribution in [3.63, 3.8) is 0 Å². The van der Waals surface area contributed by atoms with E-state index in [1.54, 1.807) is 6.92 Å². The fraction of sp³-hybridized carbons (Fsp3) is 0.750. The third-order valence-electron chi connectivity index (χ3n) is 0.348. The molecule has 0 unspecified atom stereocenters. The van der Waals surface area contributed by atoms with Gasteiger partial charge in [0, 0.05) is 6.92 Å². The van der Waals surface area contributed by atoms with E-state index < -0.39 is 0 Å². The molecule has 0 aromatic heterocycles. The molecule has 12 heteroatoms. The van der Waals surface area contributed by atoms with E-state index in [1.807, 2.05) is 0 Å². The van der Waals surface area contributed by atoms with Gasteiger partial charge in [-0.2, -0.15) is 0 Å². The van der Waals surface area contributed by atoms with Crippen molar-refractivity contribution in [3.05, 3.63) is 0 Å². The van der Waals surface area contributed by atoms with Crippen LogP contribution in [0.15, 0.2) is 0 Å². The van der Waals surface area contributed by atoms with Crippen molar-refractivity contribution in [1.29, 1.82) is 0 Å². The summed E-state index contributed by atoms with van der Waals surface area (Å²) in [5.74, 6) is -0.211. The second-order valence-corrected chi connectivity index (χ2v) is 0.925. The molecule has 0 atom stereocenters. The molecule has 0 fully saturated rings. The Morgan fingerprint density at radius 3 is 0.938 bits per heavy atom. The minimum atomic E-state index is -0.211. The molecule has 0 heterocycles. The smallest absolute Gasteiger partial charge is 0.302 e. The Bertz CT molecular complexity index is 57.0. The van der Waals surface area contributed by atoms with Crippen molar-refractivity contribution in [1.82, 2.24) is 0 Å². The number of carbonyl (C=O) groups is 1. The highest BCUT2D eigenvalue weighted by molar-refractivity contribution is 5.65. The highest BCUT2D eigenvalue weighted by Crippen LogP contribution is 1.69. The van der Waals surface area contributed by atoms with Crippen LogP contribution in [0.1, 0.15) is 13.8 Å². The Morgan fingerprint density at radius 2 is 0.938 bits per heavy atom. The van der Waals surface area contributed by atoms with Crippen LogP contribution in [0.3, 0.4) is 0 Å². The lowest BCUT2D eigenvalue weighted by Gasteiger charge is -1.89. The first kappa shape index (κ1) is 180. The highest BCUT2D eigenvalue weighted by Gasteiger charge is 1.81. The van der Waals surface area contributed by atoms with Crippen molar-refractivity contribution >= 4 is 5.97 Å². The van der Waals surface area contributed by atoms with Gasteiger partial charge in [-0.25, -0.2) is 0 Å². The largest absolute Gasteiger partial charge is 0.466 e. The second kappa shape index (κ2) is 145. The average Bonchev–Trinajstić information content (AvgIpc) is 1.35. The summed E-state index contributed by atoms with van der Waals surface area (Å²) < 4.78 is 4.40. The van der Waals surface area contributed by atoms with Crippen LogP contribution in [0.5, 0.6) is 0 Å². The van der Waals surface area contributed by atoms with E-state index in [-0.39, 0.29) is 60.7 Å². The molecule has 0 aromatic rings. The number of esters is 1. The fourth-order valence-corrected chi connectivity index (χ4v) is 0.203. The maximum Gasteiger partial charge on any atom is 0.302 e. The first-order valence-corrected chi connectivity index (χ1v) is 1.90. The van der Waals surface area contributed by atoms with E-state index in [9.17, 15) is 4.79 Å². The van der Waals surface area contributed by atoms with Crippen molar-refractivity contribution in [3.8, 4) is 0 Å². The summed E-state index contributed by atoms with van der Waals surface area (Å²) in [6.07, 6.45) is 0. The monoisotopic (exact) mass is 268 g/mol. The van der Waals surface area contributed by atoms with Gasteiger partial charge in [0.15, 0.2) is 0 Å². The summed E-state index contributed by atoms with van der Waals surface area (Å²) in [6.45, 7) is 3.65. The molecule has 0 aliphatic rings. The van der Waals surface area contributed by atoms with Crippen molar-refractivity contribution < 1.29 is 64.3 Å². The first-order chi connectivity index (χ1) is 2.77. The van der Waals surface area contributed by atoms with E-state index >= 15 is 0 Å². The molecule has 116 valence electrons. The predicted octanol–water partition coefficient (Wildman–Crippen LogP) is -7.68. The van der Waals surface area contributed by atoms with Gasteiger partial charge in [0.2, 0.25) is 0 Å². The molecule has 0 aliphatic heterocycles. The van der Waals surface area contributed by atoms with Gasteiger partial charge >= 0.3 is 5.97 Å². The van der Waals surface area contributed by atoms with Gasteiger partial charge in [-0.3, -0.25) is 4.79 Å². The zero-order chi connectivity index (χ0) is 4.99. The maximum absolute atomic E-state index is 9.82. The fourth-order valence-electron chi connectivity index (χ4n) is 0.203. The van der Waals surface area contributed by atoms with Crippen LogP contribution < -0.4 is 0 Å². The Labute approximate surface area is 91.9 Å². The van der Waals surface area contributed by atoms with E-state index in [0.717, 1.165) is 0 Å². The van der Waals surface area contributed by atoms with Crippen molar-refractivity contribution in [2.45, 2.75) is 13.8 Å². The number of carbonyl (C=O) groups excluding carboxylic acids is 1. The van der Waals surface area contributed by atoms with Crippen LogP contribution in [0.25, 0.3) is 0 Å². The molecule has 20 N–H and O–H groups in total. The van der Waals surface area contributed by atoms with Gasteiger partial charge in [0.25, 0.3) is 0 Å². The molecule has 0 saturated heterocycles. The number of hydrogen-bond acceptors (Lipinski definition) is 2. The predicted molar refractivity (Wildman–Crippen MR) is 58.4 cm³/mol. The minimum absolute atomic E-state index is 0. The van der Waals surface area contributed by atoms with Crippen LogP contribution in [0.4, 0.5) is 0 Å². The summed E-state index contributed by atoms with van der Waals surface area (Å²) in [5, 5.41) is 0. The summed E-state index contributed by atoms with van der Waals surface area (Å²) in [7, 11) is 0. The van der Waals surface area contributed by atoms with Crippen LogP contribution in [0, 0.1) is 0 Å². The first-order valence-electron chi connectivity index (χ1n) is 1.90. The Kier molecular flexibility index (Phi) is 1630. The second-order valence-electron chi connectivity index (χ2n) is 0.925. The molecular weight excluding hydrogens is 240 g/mol. The molecule has 0 saturated carbocycles. The van der Waals surface area contributed by atoms with Gasteiger partial charge in [0.1, 0.15) is 0 Å². The molecule has 0 bridgehead atoms. The summed E-state index contributed by atoms with van der Waals surface area (Å²) in [4.78, 5) is 9.82. The summed E-state index contributed by atoms with van der Waals surface area (Å²) >= 11 is 0. The van der Waals surface area contributed by atoms with Gasteiger partial charge in [0.05, 0.1) is 6.61 Å². The Hall–Kier alpha value is -0.930. The molecule has 0 aliphatic carbocycles. The third-order valence-corrected chi connectivity index (χ3v) is 0.348. The third kappa shape index (κ3) is 444. The topological polar surface area (TPSA) is 341 Å². The van der Waals surface area contributed by atoms with Gasteiger partial charge in [-0.15, -0.1) is 0 Å². The van der Waals surface area contributed by atoms with E-state index in [4.69, 9.17) is 0 Å². The van der Waals surface area contributed by atoms with E-state index in [1.165, 1.54) is 6.92 Å². The quantitative estimate of drug-likeness (QED) is 0.417. The maximum atomic E-state index is 9.82. The van der Waals surface area contributed by atoms with Gasteiger partial charge in [-0.05, 0) is 6.92 Å². The lowest BCUT2D eigenvalue weighted by molar-refractivity contribution is -0.140. The van der Waals surface area contributed by atoms with Crippen molar-refractivity contribution in [2.24, 2.45) is 0 Å². The normalized spacial score (nSPS) is 2.88. The van der Waals surface area contributed by atoms with Crippen LogP contribution >= 0.6 is 0 Å². The Balaban J connectivity index is -0.00000000278. The standard InChI is InChI=1S/C4H8O2.10H2O/c1-3-6-4(2)5;;;;;;;;;;/h3H2,1-2H3;10*1H2. The molecule has 16 heavy (non-hydrogen) atoms. The molecule has 0 aromatic carbocycles. The van der Waals surface area contributed by atoms with E-state index in [2.05, 4.69) is 4.74 Å². The van der Waals surface area contributed by atoms with Gasteiger partial charge in [-0.1, -0.05) is 0 Å². The average molecular weight is 268 g/mol. The number of hydrogen-bond donors (Lipinski definition) is 0. The lowest BCUT2D eigenvalue weighted by Crippen LogP contribution is -1.95. The van der Waals surface area contributed by atoms with Gasteiger partial charge < -0.3 is 59.5 Å². The Morgan fingerprint density at radius 1 is 0.750 bits per heavy atom. The molecule has 0 spiro atoms. The highest BCUT2D eigenvalue weighted by atomic mass is 16.5. The molecule has 0 radical (unpaired) electrons. The molecule has 0 amide bonds. The van der Waals surface area contributed by atoms with Crippen LogP contribution in [-0.4, -0.2) is 67.3 Å². The molecule has 12 nitrogen and oxygen atoms in total. The molecule has 0 rings (SSSR count). The number of rotatable bonds is 1. The lowest BCUT2D eigenvalue weighted by atomic mass is 10.8. The zero-order valence-electron chi connectivity index (χ0n) is 9.02.